The van der Waals surface area contributed by atoms with Crippen molar-refractivity contribution < 1.29 is 18.7 Å². The fraction of sp³-hybridized carbons (Fsp3) is 0.471. The maximum Gasteiger partial charge on any atom is 0.346 e. The highest BCUT2D eigenvalue weighted by Crippen LogP contribution is 2.36. The first-order chi connectivity index (χ1) is 11.4. The van der Waals surface area contributed by atoms with Gasteiger partial charge in [0.15, 0.2) is 11.6 Å². The van der Waals surface area contributed by atoms with Crippen LogP contribution in [0.4, 0.5) is 9.18 Å². The molecule has 1 aliphatic carbocycles. The molecule has 1 saturated carbocycles. The number of ether oxygens (including phenoxy) is 1. The number of benzene rings is 1. The van der Waals surface area contributed by atoms with E-state index in [2.05, 4.69) is 17.3 Å². The van der Waals surface area contributed by atoms with Crippen LogP contribution in [0.5, 0.6) is 5.75 Å². The van der Waals surface area contributed by atoms with Crippen molar-refractivity contribution in [2.45, 2.75) is 38.1 Å². The Morgan fingerprint density at radius 2 is 2.08 bits per heavy atom. The molecule has 0 aromatic heterocycles. The molecule has 2 fully saturated rings. The van der Waals surface area contributed by atoms with Gasteiger partial charge in [0, 0.05) is 0 Å². The minimum atomic E-state index is -0.827. The van der Waals surface area contributed by atoms with Crippen molar-refractivity contribution in [2.24, 2.45) is 11.0 Å². The third-order valence-electron chi connectivity index (χ3n) is 4.77. The minimum Gasteiger partial charge on any atom is -0.494 e. The molecule has 2 aliphatic rings. The summed E-state index contributed by atoms with van der Waals surface area (Å²) in [5.74, 6) is -0.182. The summed E-state index contributed by atoms with van der Waals surface area (Å²) < 4.78 is 18.5. The predicted molar refractivity (Wildman–Crippen MR) is 86.3 cm³/mol. The van der Waals surface area contributed by atoms with Crippen molar-refractivity contribution in [3.05, 3.63) is 29.6 Å². The molecule has 1 aliphatic heterocycles. The van der Waals surface area contributed by atoms with Gasteiger partial charge in [-0.1, -0.05) is 6.92 Å². The molecule has 6 nitrogen and oxygen atoms in total. The van der Waals surface area contributed by atoms with Crippen LogP contribution < -0.4 is 10.1 Å². The lowest BCUT2D eigenvalue weighted by Crippen LogP contribution is -2.49. The van der Waals surface area contributed by atoms with Crippen molar-refractivity contribution in [3.8, 4) is 5.75 Å². The highest BCUT2D eigenvalue weighted by Gasteiger charge is 2.52. The third kappa shape index (κ3) is 2.86. The predicted octanol–water partition coefficient (Wildman–Crippen LogP) is 2.67. The standard InChI is InChI=1S/C17H20FN3O3/c1-11-5-7-17(8-6-11)15(22)21(16(23)20-17)19-10-12-3-4-14(24-2)13(18)9-12/h3-4,9-11H,5-8H2,1-2H3,(H,20,23)/b19-10-. The van der Waals surface area contributed by atoms with E-state index in [0.29, 0.717) is 24.3 Å². The number of carbonyl (C=O) groups is 2. The fourth-order valence-electron chi connectivity index (χ4n) is 3.19. The van der Waals surface area contributed by atoms with Gasteiger partial charge in [0.25, 0.3) is 5.91 Å². The Morgan fingerprint density at radius 1 is 1.38 bits per heavy atom. The summed E-state index contributed by atoms with van der Waals surface area (Å²) in [6.45, 7) is 2.14. The Kier molecular flexibility index (Phi) is 4.26. The number of amides is 3. The van der Waals surface area contributed by atoms with Crippen LogP contribution in [-0.2, 0) is 4.79 Å². The van der Waals surface area contributed by atoms with Crippen LogP contribution in [0.25, 0.3) is 0 Å². The first-order valence-corrected chi connectivity index (χ1v) is 7.99. The lowest BCUT2D eigenvalue weighted by atomic mass is 9.77. The molecule has 24 heavy (non-hydrogen) atoms. The molecule has 1 N–H and O–H groups in total. The van der Waals surface area contributed by atoms with Crippen LogP contribution in [0.2, 0.25) is 0 Å². The average molecular weight is 333 g/mol. The molecule has 0 bridgehead atoms. The van der Waals surface area contributed by atoms with Crippen LogP contribution in [-0.4, -0.2) is 35.8 Å². The molecule has 3 amide bonds. The van der Waals surface area contributed by atoms with E-state index >= 15 is 0 Å². The zero-order chi connectivity index (χ0) is 17.3. The number of nitrogens with one attached hydrogen (secondary N) is 1. The molecule has 3 rings (SSSR count). The summed E-state index contributed by atoms with van der Waals surface area (Å²) >= 11 is 0. The first kappa shape index (κ1) is 16.4. The number of rotatable bonds is 3. The Labute approximate surface area is 139 Å². The molecular weight excluding hydrogens is 313 g/mol. The Hall–Kier alpha value is -2.44. The van der Waals surface area contributed by atoms with Crippen molar-refractivity contribution in [2.75, 3.05) is 7.11 Å². The van der Waals surface area contributed by atoms with Gasteiger partial charge in [-0.15, -0.1) is 5.01 Å². The van der Waals surface area contributed by atoms with Crippen molar-refractivity contribution in [1.82, 2.24) is 10.3 Å². The molecule has 1 aromatic carbocycles. The van der Waals surface area contributed by atoms with E-state index in [1.165, 1.54) is 25.5 Å². The topological polar surface area (TPSA) is 71.0 Å². The molecule has 1 heterocycles. The van der Waals surface area contributed by atoms with E-state index in [1.54, 1.807) is 6.07 Å². The molecule has 0 radical (unpaired) electrons. The maximum atomic E-state index is 13.7. The van der Waals surface area contributed by atoms with E-state index in [1.807, 2.05) is 0 Å². The van der Waals surface area contributed by atoms with Gasteiger partial charge in [-0.05, 0) is 55.4 Å². The normalized spacial score (nSPS) is 27.1. The number of urea groups is 1. The lowest BCUT2D eigenvalue weighted by Gasteiger charge is -2.33. The zero-order valence-electron chi connectivity index (χ0n) is 13.7. The number of methoxy groups -OCH3 is 1. The fourth-order valence-corrected chi connectivity index (χ4v) is 3.19. The molecule has 128 valence electrons. The van der Waals surface area contributed by atoms with Gasteiger partial charge < -0.3 is 10.1 Å². The quantitative estimate of drug-likeness (QED) is 0.683. The largest absolute Gasteiger partial charge is 0.494 e. The Bertz CT molecular complexity index is 696. The van der Waals surface area contributed by atoms with Gasteiger partial charge in [0.05, 0.1) is 13.3 Å². The zero-order valence-corrected chi connectivity index (χ0v) is 13.7. The number of halogens is 1. The van der Waals surface area contributed by atoms with Gasteiger partial charge >= 0.3 is 6.03 Å². The first-order valence-electron chi connectivity index (χ1n) is 7.99. The molecule has 0 atom stereocenters. The number of hydrazone groups is 1. The minimum absolute atomic E-state index is 0.123. The van der Waals surface area contributed by atoms with Crippen molar-refractivity contribution in [1.29, 1.82) is 0 Å². The third-order valence-corrected chi connectivity index (χ3v) is 4.77. The van der Waals surface area contributed by atoms with Crippen LogP contribution in [0, 0.1) is 11.7 Å². The molecule has 1 saturated heterocycles. The summed E-state index contributed by atoms with van der Waals surface area (Å²) in [4.78, 5) is 24.7. The van der Waals surface area contributed by atoms with E-state index < -0.39 is 17.4 Å². The van der Waals surface area contributed by atoms with Crippen molar-refractivity contribution >= 4 is 18.2 Å². The number of carbonyl (C=O) groups excluding carboxylic acids is 2. The van der Waals surface area contributed by atoms with E-state index in [9.17, 15) is 14.0 Å². The summed E-state index contributed by atoms with van der Waals surface area (Å²) in [6, 6.07) is 3.77. The lowest BCUT2D eigenvalue weighted by molar-refractivity contribution is -0.132. The molecule has 1 aromatic rings. The second kappa shape index (κ2) is 6.22. The van der Waals surface area contributed by atoms with Crippen LogP contribution in [0.3, 0.4) is 0 Å². The molecule has 1 spiro atoms. The number of nitrogens with zero attached hydrogens (tertiary/aromatic N) is 2. The van der Waals surface area contributed by atoms with Gasteiger partial charge in [-0.2, -0.15) is 5.10 Å². The number of imide groups is 1. The van der Waals surface area contributed by atoms with Gasteiger partial charge in [0.2, 0.25) is 0 Å². The second-order valence-electron chi connectivity index (χ2n) is 6.45. The van der Waals surface area contributed by atoms with E-state index in [4.69, 9.17) is 4.74 Å². The van der Waals surface area contributed by atoms with Crippen LogP contribution in [0.15, 0.2) is 23.3 Å². The molecular formula is C17H20FN3O3. The van der Waals surface area contributed by atoms with Gasteiger partial charge in [-0.25, -0.2) is 9.18 Å². The maximum absolute atomic E-state index is 13.7. The van der Waals surface area contributed by atoms with Gasteiger partial charge in [-0.3, -0.25) is 4.79 Å². The number of hydrogen-bond donors (Lipinski definition) is 1. The van der Waals surface area contributed by atoms with Gasteiger partial charge in [0.1, 0.15) is 5.54 Å². The average Bonchev–Trinajstić information content (AvgIpc) is 2.79. The summed E-state index contributed by atoms with van der Waals surface area (Å²) in [5.41, 5.74) is -0.390. The molecule has 7 heteroatoms. The van der Waals surface area contributed by atoms with E-state index in [0.717, 1.165) is 17.9 Å². The second-order valence-corrected chi connectivity index (χ2v) is 6.45. The van der Waals surface area contributed by atoms with Crippen LogP contribution in [0.1, 0.15) is 38.2 Å². The monoisotopic (exact) mass is 333 g/mol. The Balaban J connectivity index is 1.76. The highest BCUT2D eigenvalue weighted by molar-refractivity contribution is 6.07. The summed E-state index contributed by atoms with van der Waals surface area (Å²) in [5, 5.41) is 7.59. The van der Waals surface area contributed by atoms with E-state index in [-0.39, 0.29) is 11.7 Å². The van der Waals surface area contributed by atoms with Crippen molar-refractivity contribution in [3.63, 3.8) is 0 Å². The SMILES string of the molecule is COc1ccc(/C=N\N2C(=O)NC3(CCC(C)CC3)C2=O)cc1F. The summed E-state index contributed by atoms with van der Waals surface area (Å²) in [6.07, 6.45) is 4.34. The van der Waals surface area contributed by atoms with Crippen LogP contribution >= 0.6 is 0 Å². The smallest absolute Gasteiger partial charge is 0.346 e. The highest BCUT2D eigenvalue weighted by atomic mass is 19.1. The summed E-state index contributed by atoms with van der Waals surface area (Å²) in [7, 11) is 1.38. The molecule has 0 unspecified atom stereocenters. The Morgan fingerprint density at radius 3 is 2.71 bits per heavy atom. The number of hydrogen-bond acceptors (Lipinski definition) is 4.